The zero-order valence-corrected chi connectivity index (χ0v) is 13.3. The van der Waals surface area contributed by atoms with Gasteiger partial charge in [-0.25, -0.2) is 14.6 Å². The Hall–Kier alpha value is -1.82. The fourth-order valence-electron chi connectivity index (χ4n) is 2.53. The highest BCUT2D eigenvalue weighted by Gasteiger charge is 2.21. The van der Waals surface area contributed by atoms with Crippen molar-refractivity contribution >= 4 is 22.8 Å². The normalized spacial score (nSPS) is 13.2. The summed E-state index contributed by atoms with van der Waals surface area (Å²) in [6, 6.07) is 0. The van der Waals surface area contributed by atoms with Crippen LogP contribution in [0.15, 0.2) is 10.6 Å². The van der Waals surface area contributed by atoms with Crippen LogP contribution in [0.1, 0.15) is 42.4 Å². The molecule has 3 rings (SSSR count). The average Bonchev–Trinajstić information content (AvgIpc) is 3.08. The average molecular weight is 308 g/mol. The number of fused-ring (bicyclic) bond motifs is 1. The van der Waals surface area contributed by atoms with E-state index in [9.17, 15) is 0 Å². The Kier molecular flexibility index (Phi) is 3.49. The third kappa shape index (κ3) is 2.33. The molecule has 0 saturated carbocycles. The Morgan fingerprint density at radius 1 is 1.38 bits per heavy atom. The van der Waals surface area contributed by atoms with Gasteiger partial charge in [-0.1, -0.05) is 0 Å². The van der Waals surface area contributed by atoms with Crippen LogP contribution in [0.4, 0.5) is 0 Å². The Bertz CT molecular complexity index is 783. The van der Waals surface area contributed by atoms with Crippen LogP contribution in [0.5, 0.6) is 0 Å². The van der Waals surface area contributed by atoms with Gasteiger partial charge in [0.05, 0.1) is 17.3 Å². The summed E-state index contributed by atoms with van der Waals surface area (Å²) < 4.78 is 9.57. The van der Waals surface area contributed by atoms with Gasteiger partial charge in [-0.15, -0.1) is 11.6 Å². The Labute approximate surface area is 127 Å². The molecule has 1 unspecified atom stereocenters. The van der Waals surface area contributed by atoms with E-state index in [1.807, 2.05) is 30.0 Å². The molecular formula is C14H18ClN5O. The number of hydrogen-bond acceptors (Lipinski definition) is 4. The zero-order chi connectivity index (χ0) is 15.1. The van der Waals surface area contributed by atoms with Crippen LogP contribution in [-0.2, 0) is 13.1 Å². The maximum absolute atomic E-state index is 6.29. The first-order chi connectivity index (χ1) is 10.0. The van der Waals surface area contributed by atoms with E-state index < -0.39 is 0 Å². The van der Waals surface area contributed by atoms with E-state index in [4.69, 9.17) is 16.0 Å². The molecule has 0 bridgehead atoms. The number of rotatable bonds is 4. The Morgan fingerprint density at radius 2 is 2.14 bits per heavy atom. The van der Waals surface area contributed by atoms with Crippen LogP contribution in [-0.4, -0.2) is 24.3 Å². The largest absolute Gasteiger partial charge is 0.444 e. The van der Waals surface area contributed by atoms with Gasteiger partial charge in [0, 0.05) is 6.54 Å². The van der Waals surface area contributed by atoms with Gasteiger partial charge in [-0.2, -0.15) is 5.10 Å². The van der Waals surface area contributed by atoms with Gasteiger partial charge in [0.1, 0.15) is 23.6 Å². The predicted molar refractivity (Wildman–Crippen MR) is 80.5 cm³/mol. The van der Waals surface area contributed by atoms with Crippen molar-refractivity contribution in [3.05, 3.63) is 29.4 Å². The van der Waals surface area contributed by atoms with Gasteiger partial charge in [0.25, 0.3) is 0 Å². The van der Waals surface area contributed by atoms with E-state index in [2.05, 4.69) is 22.0 Å². The molecule has 6 nitrogen and oxygen atoms in total. The lowest BCUT2D eigenvalue weighted by Gasteiger charge is -2.09. The second kappa shape index (κ2) is 5.18. The van der Waals surface area contributed by atoms with Crippen LogP contribution in [0.3, 0.4) is 0 Å². The number of oxazole rings is 1. The van der Waals surface area contributed by atoms with Crippen molar-refractivity contribution in [2.75, 3.05) is 0 Å². The van der Waals surface area contributed by atoms with E-state index in [0.29, 0.717) is 12.4 Å². The summed E-state index contributed by atoms with van der Waals surface area (Å²) in [5, 5.41) is 4.32. The van der Waals surface area contributed by atoms with E-state index in [-0.39, 0.29) is 5.38 Å². The number of imidazole rings is 1. The first kappa shape index (κ1) is 14.1. The van der Waals surface area contributed by atoms with Crippen LogP contribution in [0.25, 0.3) is 11.2 Å². The second-order valence-electron chi connectivity index (χ2n) is 5.11. The predicted octanol–water partition coefficient (Wildman–Crippen LogP) is 3.21. The maximum Gasteiger partial charge on any atom is 0.214 e. The molecule has 3 aromatic rings. The number of aromatic nitrogens is 5. The molecule has 0 fully saturated rings. The third-order valence-electron chi connectivity index (χ3n) is 3.45. The number of aryl methyl sites for hydroxylation is 3. The molecule has 3 aromatic heterocycles. The maximum atomic E-state index is 6.29. The van der Waals surface area contributed by atoms with Gasteiger partial charge < -0.3 is 8.98 Å². The number of alkyl halides is 1. The molecular weight excluding hydrogens is 290 g/mol. The van der Waals surface area contributed by atoms with Crippen molar-refractivity contribution in [3.63, 3.8) is 0 Å². The second-order valence-corrected chi connectivity index (χ2v) is 5.76. The van der Waals surface area contributed by atoms with E-state index >= 15 is 0 Å². The molecule has 0 radical (unpaired) electrons. The lowest BCUT2D eigenvalue weighted by atomic mass is 10.4. The molecule has 3 heterocycles. The Balaban J connectivity index is 2.19. The van der Waals surface area contributed by atoms with E-state index in [1.165, 1.54) is 0 Å². The van der Waals surface area contributed by atoms with Gasteiger partial charge in [-0.05, 0) is 27.7 Å². The Morgan fingerprint density at radius 3 is 2.71 bits per heavy atom. The minimum Gasteiger partial charge on any atom is -0.444 e. The topological polar surface area (TPSA) is 61.7 Å². The minimum absolute atomic E-state index is 0.196. The fourth-order valence-corrected chi connectivity index (χ4v) is 2.70. The lowest BCUT2D eigenvalue weighted by Crippen LogP contribution is -2.10. The summed E-state index contributed by atoms with van der Waals surface area (Å²) in [5.74, 6) is 2.25. The van der Waals surface area contributed by atoms with Crippen molar-refractivity contribution < 1.29 is 4.42 Å². The molecule has 0 aliphatic carbocycles. The standard InChI is InChI=1S/C14H18ClN5O/c1-5-20-14-12(10(4)18-20)17-13(9(3)15)19(14)7-11-16-6-8(2)21-11/h6,9H,5,7H2,1-4H3. The number of nitrogens with zero attached hydrogens (tertiary/aromatic N) is 5. The lowest BCUT2D eigenvalue weighted by molar-refractivity contribution is 0.453. The molecule has 112 valence electrons. The summed E-state index contributed by atoms with van der Waals surface area (Å²) in [6.07, 6.45) is 1.72. The summed E-state index contributed by atoms with van der Waals surface area (Å²) in [5.41, 5.74) is 2.77. The smallest absolute Gasteiger partial charge is 0.214 e. The summed E-state index contributed by atoms with van der Waals surface area (Å²) in [6.45, 7) is 9.09. The first-order valence-corrected chi connectivity index (χ1v) is 7.43. The fraction of sp³-hybridized carbons (Fsp3) is 0.500. The summed E-state index contributed by atoms with van der Waals surface area (Å²) in [4.78, 5) is 8.93. The first-order valence-electron chi connectivity index (χ1n) is 7.00. The summed E-state index contributed by atoms with van der Waals surface area (Å²) in [7, 11) is 0. The quantitative estimate of drug-likeness (QED) is 0.694. The SMILES string of the molecule is CCn1nc(C)c2nc(C(C)Cl)n(Cc3ncc(C)o3)c21. The molecule has 0 amide bonds. The molecule has 0 aromatic carbocycles. The van der Waals surface area contributed by atoms with Crippen molar-refractivity contribution in [3.8, 4) is 0 Å². The molecule has 0 N–H and O–H groups in total. The molecule has 0 spiro atoms. The molecule has 21 heavy (non-hydrogen) atoms. The van der Waals surface area contributed by atoms with Gasteiger partial charge in [-0.3, -0.25) is 0 Å². The monoisotopic (exact) mass is 307 g/mol. The van der Waals surface area contributed by atoms with Gasteiger partial charge >= 0.3 is 0 Å². The van der Waals surface area contributed by atoms with Crippen LogP contribution < -0.4 is 0 Å². The molecule has 0 aliphatic heterocycles. The number of halogens is 1. The third-order valence-corrected chi connectivity index (χ3v) is 3.64. The zero-order valence-electron chi connectivity index (χ0n) is 12.6. The van der Waals surface area contributed by atoms with Crippen molar-refractivity contribution in [2.45, 2.75) is 46.2 Å². The molecule has 0 saturated heterocycles. The van der Waals surface area contributed by atoms with Crippen LogP contribution >= 0.6 is 11.6 Å². The number of hydrogen-bond donors (Lipinski definition) is 0. The summed E-state index contributed by atoms with van der Waals surface area (Å²) >= 11 is 6.29. The van der Waals surface area contributed by atoms with Crippen molar-refractivity contribution in [1.82, 2.24) is 24.3 Å². The molecule has 0 aliphatic rings. The van der Waals surface area contributed by atoms with Crippen molar-refractivity contribution in [1.29, 1.82) is 0 Å². The van der Waals surface area contributed by atoms with Crippen molar-refractivity contribution in [2.24, 2.45) is 0 Å². The molecule has 7 heteroatoms. The van der Waals surface area contributed by atoms with Gasteiger partial charge in [0.2, 0.25) is 5.89 Å². The highest BCUT2D eigenvalue weighted by Crippen LogP contribution is 2.27. The van der Waals surface area contributed by atoms with Crippen LogP contribution in [0.2, 0.25) is 0 Å². The minimum atomic E-state index is -0.196. The van der Waals surface area contributed by atoms with E-state index in [0.717, 1.165) is 35.0 Å². The molecule has 1 atom stereocenters. The highest BCUT2D eigenvalue weighted by molar-refractivity contribution is 6.20. The highest BCUT2D eigenvalue weighted by atomic mass is 35.5. The van der Waals surface area contributed by atoms with E-state index in [1.54, 1.807) is 6.20 Å². The van der Waals surface area contributed by atoms with Crippen LogP contribution in [0, 0.1) is 13.8 Å². The van der Waals surface area contributed by atoms with Gasteiger partial charge in [0.15, 0.2) is 5.65 Å².